The van der Waals surface area contributed by atoms with Crippen molar-refractivity contribution >= 4 is 0 Å². The molecule has 2 nitrogen and oxygen atoms in total. The van der Waals surface area contributed by atoms with Crippen molar-refractivity contribution in [2.75, 3.05) is 13.1 Å². The van der Waals surface area contributed by atoms with Crippen LogP contribution in [0.2, 0.25) is 0 Å². The highest BCUT2D eigenvalue weighted by molar-refractivity contribution is 5.38. The first-order valence-corrected chi connectivity index (χ1v) is 7.23. The van der Waals surface area contributed by atoms with E-state index in [1.165, 1.54) is 0 Å². The van der Waals surface area contributed by atoms with Gasteiger partial charge >= 0.3 is 0 Å². The molecule has 0 unspecified atom stereocenters. The molecule has 0 saturated carbocycles. The molecule has 0 radical (unpaired) electrons. The van der Waals surface area contributed by atoms with Crippen molar-refractivity contribution < 1.29 is 0 Å². The Morgan fingerprint density at radius 3 is 1.75 bits per heavy atom. The van der Waals surface area contributed by atoms with Gasteiger partial charge in [-0.3, -0.25) is 0 Å². The van der Waals surface area contributed by atoms with E-state index >= 15 is 0 Å². The van der Waals surface area contributed by atoms with E-state index in [4.69, 9.17) is 5.73 Å². The standard InChI is InChI=1S/C18H24N2/c1-15(2)13-20-14-18(19,16-9-5-3-6-10-16)17-11-7-4-8-12-17/h3-12,15,20H,13-14,19H2,1-2H3. The fraction of sp³-hybridized carbons (Fsp3) is 0.333. The van der Waals surface area contributed by atoms with E-state index in [2.05, 4.69) is 43.4 Å². The second kappa shape index (κ2) is 6.69. The summed E-state index contributed by atoms with van der Waals surface area (Å²) < 4.78 is 0. The minimum absolute atomic E-state index is 0.489. The van der Waals surface area contributed by atoms with Gasteiger partial charge < -0.3 is 11.1 Å². The summed E-state index contributed by atoms with van der Waals surface area (Å²) in [5.41, 5.74) is 8.56. The summed E-state index contributed by atoms with van der Waals surface area (Å²) in [7, 11) is 0. The van der Waals surface area contributed by atoms with Crippen molar-refractivity contribution in [3.05, 3.63) is 71.8 Å². The molecule has 0 spiro atoms. The molecule has 0 aliphatic carbocycles. The summed E-state index contributed by atoms with van der Waals surface area (Å²) in [5, 5.41) is 3.50. The van der Waals surface area contributed by atoms with Crippen LogP contribution in [0, 0.1) is 5.92 Å². The summed E-state index contributed by atoms with van der Waals surface area (Å²) in [6.45, 7) is 6.12. The van der Waals surface area contributed by atoms with Crippen LogP contribution in [0.3, 0.4) is 0 Å². The van der Waals surface area contributed by atoms with Gasteiger partial charge in [0.1, 0.15) is 0 Å². The SMILES string of the molecule is CC(C)CNCC(N)(c1ccccc1)c1ccccc1. The number of rotatable bonds is 6. The van der Waals surface area contributed by atoms with Gasteiger partial charge in [-0.1, -0.05) is 74.5 Å². The molecular weight excluding hydrogens is 244 g/mol. The molecule has 3 N–H and O–H groups in total. The average molecular weight is 268 g/mol. The highest BCUT2D eigenvalue weighted by Crippen LogP contribution is 2.26. The normalized spacial score (nSPS) is 11.8. The average Bonchev–Trinajstić information content (AvgIpc) is 2.48. The minimum atomic E-state index is -0.489. The van der Waals surface area contributed by atoms with E-state index in [-0.39, 0.29) is 0 Å². The lowest BCUT2D eigenvalue weighted by atomic mass is 9.83. The fourth-order valence-corrected chi connectivity index (χ4v) is 2.40. The van der Waals surface area contributed by atoms with Gasteiger partial charge in [-0.15, -0.1) is 0 Å². The lowest BCUT2D eigenvalue weighted by Crippen LogP contribution is -2.47. The summed E-state index contributed by atoms with van der Waals surface area (Å²) in [5.74, 6) is 0.616. The van der Waals surface area contributed by atoms with Gasteiger partial charge in [-0.05, 0) is 23.6 Å². The number of hydrogen-bond donors (Lipinski definition) is 2. The lowest BCUT2D eigenvalue weighted by Gasteiger charge is -2.31. The molecule has 0 heterocycles. The summed E-state index contributed by atoms with van der Waals surface area (Å²) in [6, 6.07) is 20.6. The third-order valence-corrected chi connectivity index (χ3v) is 3.53. The highest BCUT2D eigenvalue weighted by atomic mass is 14.9. The zero-order valence-corrected chi connectivity index (χ0v) is 12.3. The maximum Gasteiger partial charge on any atom is 0.0792 e. The van der Waals surface area contributed by atoms with Gasteiger partial charge in [-0.25, -0.2) is 0 Å². The molecule has 2 aromatic rings. The molecule has 2 heteroatoms. The predicted octanol–water partition coefficient (Wildman–Crippen LogP) is 3.13. The van der Waals surface area contributed by atoms with Crippen LogP contribution in [0.4, 0.5) is 0 Å². The molecule has 2 rings (SSSR count). The first-order chi connectivity index (χ1) is 9.63. The molecule has 0 atom stereocenters. The third kappa shape index (κ3) is 3.47. The van der Waals surface area contributed by atoms with Gasteiger partial charge in [-0.2, -0.15) is 0 Å². The summed E-state index contributed by atoms with van der Waals surface area (Å²) in [6.07, 6.45) is 0. The Labute approximate surface area is 122 Å². The van der Waals surface area contributed by atoms with Crippen molar-refractivity contribution in [1.82, 2.24) is 5.32 Å². The quantitative estimate of drug-likeness (QED) is 0.844. The van der Waals surface area contributed by atoms with E-state index in [1.54, 1.807) is 0 Å². The predicted molar refractivity (Wildman–Crippen MR) is 85.6 cm³/mol. The minimum Gasteiger partial charge on any atom is -0.317 e. The molecule has 0 bridgehead atoms. The second-order valence-corrected chi connectivity index (χ2v) is 5.73. The maximum atomic E-state index is 6.76. The van der Waals surface area contributed by atoms with E-state index < -0.39 is 5.54 Å². The van der Waals surface area contributed by atoms with Crippen molar-refractivity contribution in [1.29, 1.82) is 0 Å². The Bertz CT molecular complexity index is 466. The molecule has 2 aromatic carbocycles. The van der Waals surface area contributed by atoms with Crippen LogP contribution < -0.4 is 11.1 Å². The van der Waals surface area contributed by atoms with Crippen LogP contribution in [0.25, 0.3) is 0 Å². The molecule has 0 aromatic heterocycles. The Kier molecular flexibility index (Phi) is 4.94. The van der Waals surface area contributed by atoms with Crippen molar-refractivity contribution in [3.8, 4) is 0 Å². The molecular formula is C18H24N2. The monoisotopic (exact) mass is 268 g/mol. The van der Waals surface area contributed by atoms with Crippen molar-refractivity contribution in [3.63, 3.8) is 0 Å². The molecule has 0 aliphatic heterocycles. The van der Waals surface area contributed by atoms with E-state index in [0.29, 0.717) is 5.92 Å². The van der Waals surface area contributed by atoms with Gasteiger partial charge in [0, 0.05) is 6.54 Å². The van der Waals surface area contributed by atoms with Crippen LogP contribution in [-0.2, 0) is 5.54 Å². The van der Waals surface area contributed by atoms with Crippen LogP contribution in [-0.4, -0.2) is 13.1 Å². The number of benzene rings is 2. The molecule has 0 saturated heterocycles. The second-order valence-electron chi connectivity index (χ2n) is 5.73. The zero-order valence-electron chi connectivity index (χ0n) is 12.3. The molecule has 0 aliphatic rings. The number of nitrogens with two attached hydrogens (primary N) is 1. The van der Waals surface area contributed by atoms with E-state index in [1.807, 2.05) is 36.4 Å². The van der Waals surface area contributed by atoms with Gasteiger partial charge in [0.15, 0.2) is 0 Å². The number of hydrogen-bond acceptors (Lipinski definition) is 2. The molecule has 20 heavy (non-hydrogen) atoms. The van der Waals surface area contributed by atoms with Gasteiger partial charge in [0.25, 0.3) is 0 Å². The summed E-state index contributed by atoms with van der Waals surface area (Å²) in [4.78, 5) is 0. The maximum absolute atomic E-state index is 6.76. The Morgan fingerprint density at radius 1 is 0.900 bits per heavy atom. The van der Waals surface area contributed by atoms with Crippen molar-refractivity contribution in [2.24, 2.45) is 11.7 Å². The lowest BCUT2D eigenvalue weighted by molar-refractivity contribution is 0.451. The Balaban J connectivity index is 2.29. The molecule has 0 fully saturated rings. The molecule has 0 amide bonds. The topological polar surface area (TPSA) is 38.0 Å². The first kappa shape index (κ1) is 14.8. The Morgan fingerprint density at radius 2 is 1.35 bits per heavy atom. The smallest absolute Gasteiger partial charge is 0.0792 e. The first-order valence-electron chi connectivity index (χ1n) is 7.23. The van der Waals surface area contributed by atoms with E-state index in [9.17, 15) is 0 Å². The summed E-state index contributed by atoms with van der Waals surface area (Å²) >= 11 is 0. The molecule has 106 valence electrons. The Hall–Kier alpha value is -1.64. The van der Waals surface area contributed by atoms with Crippen molar-refractivity contribution in [2.45, 2.75) is 19.4 Å². The van der Waals surface area contributed by atoms with Gasteiger partial charge in [0.05, 0.1) is 5.54 Å². The zero-order chi connectivity index (χ0) is 14.4. The fourth-order valence-electron chi connectivity index (χ4n) is 2.40. The van der Waals surface area contributed by atoms with Crippen LogP contribution in [0.15, 0.2) is 60.7 Å². The largest absolute Gasteiger partial charge is 0.317 e. The van der Waals surface area contributed by atoms with Crippen LogP contribution in [0.5, 0.6) is 0 Å². The number of nitrogens with one attached hydrogen (secondary N) is 1. The third-order valence-electron chi connectivity index (χ3n) is 3.53. The van der Waals surface area contributed by atoms with Gasteiger partial charge in [0.2, 0.25) is 0 Å². The van der Waals surface area contributed by atoms with Crippen LogP contribution >= 0.6 is 0 Å². The highest BCUT2D eigenvalue weighted by Gasteiger charge is 2.28. The van der Waals surface area contributed by atoms with Crippen LogP contribution in [0.1, 0.15) is 25.0 Å². The van der Waals surface area contributed by atoms with E-state index in [0.717, 1.165) is 24.2 Å².